The Morgan fingerprint density at radius 1 is 1.32 bits per heavy atom. The van der Waals surface area contributed by atoms with Gasteiger partial charge in [-0.25, -0.2) is 4.79 Å². The predicted octanol–water partition coefficient (Wildman–Crippen LogP) is 0.0824. The second-order valence-electron chi connectivity index (χ2n) is 5.87. The maximum absolute atomic E-state index is 11.9. The number of aryl methyl sites for hydroxylation is 1. The van der Waals surface area contributed by atoms with Gasteiger partial charge in [-0.3, -0.25) is 9.69 Å². The third-order valence-corrected chi connectivity index (χ3v) is 4.21. The highest BCUT2D eigenvalue weighted by Gasteiger charge is 2.21. The van der Waals surface area contributed by atoms with Crippen LogP contribution in [0.15, 0.2) is 12.1 Å². The lowest BCUT2D eigenvalue weighted by Gasteiger charge is -2.31. The normalized spacial score (nSPS) is 16.5. The minimum absolute atomic E-state index is 0.146. The molecule has 0 saturated carbocycles. The number of amides is 3. The summed E-state index contributed by atoms with van der Waals surface area (Å²) in [6, 6.07) is 4.05. The second kappa shape index (κ2) is 7.31. The number of likely N-dealkylation sites (tertiary alicyclic amines) is 1. The van der Waals surface area contributed by atoms with Crippen LogP contribution >= 0.6 is 0 Å². The fourth-order valence-electron chi connectivity index (χ4n) is 2.71. The monoisotopic (exact) mass is 307 g/mol. The number of hydrogen-bond donors (Lipinski definition) is 3. The van der Waals surface area contributed by atoms with Crippen molar-refractivity contribution in [2.75, 3.05) is 19.6 Å². The Bertz CT molecular complexity index is 532. The summed E-state index contributed by atoms with van der Waals surface area (Å²) in [5, 5.41) is 5.87. The van der Waals surface area contributed by atoms with Gasteiger partial charge in [-0.1, -0.05) is 0 Å². The summed E-state index contributed by atoms with van der Waals surface area (Å²) in [7, 11) is 1.98. The highest BCUT2D eigenvalue weighted by molar-refractivity contribution is 5.76. The maximum Gasteiger partial charge on any atom is 0.315 e. The average Bonchev–Trinajstić information content (AvgIpc) is 2.78. The molecule has 0 radical (unpaired) electrons. The second-order valence-corrected chi connectivity index (χ2v) is 5.87. The number of carbonyl (C=O) groups excluding carboxylic acids is 2. The van der Waals surface area contributed by atoms with E-state index in [1.807, 2.05) is 31.0 Å². The Kier molecular flexibility index (Phi) is 5.43. The molecule has 7 nitrogen and oxygen atoms in total. The fraction of sp³-hybridized carbons (Fsp3) is 0.600. The van der Waals surface area contributed by atoms with Crippen molar-refractivity contribution >= 4 is 11.9 Å². The van der Waals surface area contributed by atoms with E-state index in [0.29, 0.717) is 13.1 Å². The van der Waals surface area contributed by atoms with Crippen LogP contribution in [0.1, 0.15) is 24.2 Å². The van der Waals surface area contributed by atoms with Gasteiger partial charge < -0.3 is 20.9 Å². The molecule has 2 rings (SSSR count). The number of carbonyl (C=O) groups is 2. The molecular weight excluding hydrogens is 282 g/mol. The van der Waals surface area contributed by atoms with E-state index in [1.54, 1.807) is 0 Å². The van der Waals surface area contributed by atoms with Crippen molar-refractivity contribution in [1.29, 1.82) is 0 Å². The van der Waals surface area contributed by atoms with Crippen LogP contribution < -0.4 is 16.4 Å². The number of rotatable bonds is 5. The third kappa shape index (κ3) is 4.49. The number of nitrogens with two attached hydrogens (primary N) is 1. The van der Waals surface area contributed by atoms with Crippen LogP contribution in [0.2, 0.25) is 0 Å². The Morgan fingerprint density at radius 2 is 2.00 bits per heavy atom. The van der Waals surface area contributed by atoms with Crippen molar-refractivity contribution in [3.63, 3.8) is 0 Å². The lowest BCUT2D eigenvalue weighted by atomic mass is 10.1. The number of nitrogens with one attached hydrogen (secondary N) is 2. The molecule has 1 fully saturated rings. The van der Waals surface area contributed by atoms with Crippen molar-refractivity contribution in [3.8, 4) is 0 Å². The molecule has 4 N–H and O–H groups in total. The van der Waals surface area contributed by atoms with Crippen molar-refractivity contribution in [2.45, 2.75) is 32.4 Å². The summed E-state index contributed by atoms with van der Waals surface area (Å²) in [5.74, 6) is -0.304. The maximum atomic E-state index is 11.9. The van der Waals surface area contributed by atoms with Gasteiger partial charge in [0, 0.05) is 37.6 Å². The first-order valence-corrected chi connectivity index (χ1v) is 7.62. The van der Waals surface area contributed by atoms with E-state index in [0.717, 1.165) is 31.6 Å². The van der Waals surface area contributed by atoms with Gasteiger partial charge >= 0.3 is 6.03 Å². The van der Waals surface area contributed by atoms with Crippen LogP contribution in [0.5, 0.6) is 0 Å². The molecule has 1 aliphatic heterocycles. The van der Waals surface area contributed by atoms with E-state index < -0.39 is 0 Å². The number of urea groups is 1. The first-order chi connectivity index (χ1) is 10.5. The number of primary amides is 1. The topological polar surface area (TPSA) is 92.4 Å². The van der Waals surface area contributed by atoms with E-state index in [4.69, 9.17) is 5.73 Å². The van der Waals surface area contributed by atoms with Crippen LogP contribution in [0.25, 0.3) is 0 Å². The fourth-order valence-corrected chi connectivity index (χ4v) is 2.71. The largest absolute Gasteiger partial charge is 0.369 e. The Morgan fingerprint density at radius 3 is 2.55 bits per heavy atom. The molecule has 0 atom stereocenters. The number of hydrogen-bond acceptors (Lipinski definition) is 3. The van der Waals surface area contributed by atoms with Gasteiger partial charge in [-0.15, -0.1) is 0 Å². The molecule has 0 bridgehead atoms. The summed E-state index contributed by atoms with van der Waals surface area (Å²) < 4.78 is 2.06. The molecule has 1 aromatic heterocycles. The van der Waals surface area contributed by atoms with Crippen LogP contribution in [-0.4, -0.2) is 47.1 Å². The van der Waals surface area contributed by atoms with Crippen molar-refractivity contribution in [3.05, 3.63) is 23.5 Å². The van der Waals surface area contributed by atoms with Gasteiger partial charge in [-0.2, -0.15) is 0 Å². The molecule has 2 heterocycles. The number of piperidine rings is 1. The van der Waals surface area contributed by atoms with Gasteiger partial charge in [0.15, 0.2) is 0 Å². The average molecular weight is 307 g/mol. The summed E-state index contributed by atoms with van der Waals surface area (Å²) in [6.07, 6.45) is 1.67. The molecule has 122 valence electrons. The van der Waals surface area contributed by atoms with Crippen LogP contribution in [-0.2, 0) is 18.4 Å². The standard InChI is InChI=1S/C15H25N5O2/c1-11-3-4-13(19(11)2)9-17-15(22)18-12-5-7-20(8-6-12)10-14(16)21/h3-4,12H,5-10H2,1-2H3,(H2,16,21)(H2,17,18,22). The van der Waals surface area contributed by atoms with Gasteiger partial charge in [0.2, 0.25) is 5.91 Å². The third-order valence-electron chi connectivity index (χ3n) is 4.21. The van der Waals surface area contributed by atoms with Crippen LogP contribution in [0, 0.1) is 6.92 Å². The molecule has 3 amide bonds. The first kappa shape index (κ1) is 16.4. The van der Waals surface area contributed by atoms with E-state index in [-0.39, 0.29) is 18.0 Å². The number of aromatic nitrogens is 1. The zero-order chi connectivity index (χ0) is 16.1. The summed E-state index contributed by atoms with van der Waals surface area (Å²) in [6.45, 7) is 4.40. The van der Waals surface area contributed by atoms with Gasteiger partial charge in [-0.05, 0) is 31.9 Å². The number of nitrogens with zero attached hydrogens (tertiary/aromatic N) is 2. The van der Waals surface area contributed by atoms with Crippen LogP contribution in [0.4, 0.5) is 4.79 Å². The molecule has 0 aromatic carbocycles. The van der Waals surface area contributed by atoms with Gasteiger partial charge in [0.05, 0.1) is 13.1 Å². The Labute approximate surface area is 130 Å². The Hall–Kier alpha value is -2.02. The van der Waals surface area contributed by atoms with Crippen LogP contribution in [0.3, 0.4) is 0 Å². The summed E-state index contributed by atoms with van der Waals surface area (Å²) in [4.78, 5) is 24.8. The van der Waals surface area contributed by atoms with Gasteiger partial charge in [0.25, 0.3) is 0 Å². The van der Waals surface area contributed by atoms with E-state index >= 15 is 0 Å². The smallest absolute Gasteiger partial charge is 0.315 e. The van der Waals surface area contributed by atoms with Gasteiger partial charge in [0.1, 0.15) is 0 Å². The molecule has 0 spiro atoms. The minimum atomic E-state index is -0.304. The predicted molar refractivity (Wildman–Crippen MR) is 84.2 cm³/mol. The molecule has 0 unspecified atom stereocenters. The van der Waals surface area contributed by atoms with Crippen molar-refractivity contribution in [2.24, 2.45) is 12.8 Å². The first-order valence-electron chi connectivity index (χ1n) is 7.62. The zero-order valence-corrected chi connectivity index (χ0v) is 13.3. The molecule has 0 aliphatic carbocycles. The van der Waals surface area contributed by atoms with Crippen molar-refractivity contribution in [1.82, 2.24) is 20.1 Å². The highest BCUT2D eigenvalue weighted by Crippen LogP contribution is 2.10. The molecule has 1 aromatic rings. The van der Waals surface area contributed by atoms with Crippen molar-refractivity contribution < 1.29 is 9.59 Å². The molecular formula is C15H25N5O2. The lowest BCUT2D eigenvalue weighted by molar-refractivity contribution is -0.119. The molecule has 1 aliphatic rings. The molecule has 1 saturated heterocycles. The minimum Gasteiger partial charge on any atom is -0.369 e. The van der Waals surface area contributed by atoms with E-state index in [9.17, 15) is 9.59 Å². The highest BCUT2D eigenvalue weighted by atomic mass is 16.2. The quantitative estimate of drug-likeness (QED) is 0.719. The van der Waals surface area contributed by atoms with E-state index in [1.165, 1.54) is 5.69 Å². The summed E-state index contributed by atoms with van der Waals surface area (Å²) >= 11 is 0. The SMILES string of the molecule is Cc1ccc(CNC(=O)NC2CCN(CC(N)=O)CC2)n1C. The summed E-state index contributed by atoms with van der Waals surface area (Å²) in [5.41, 5.74) is 7.42. The van der Waals surface area contributed by atoms with E-state index in [2.05, 4.69) is 15.2 Å². The molecule has 7 heteroatoms. The molecule has 22 heavy (non-hydrogen) atoms. The zero-order valence-electron chi connectivity index (χ0n) is 13.3. The Balaban J connectivity index is 1.70. The lowest BCUT2D eigenvalue weighted by Crippen LogP contribution is -2.49.